The van der Waals surface area contributed by atoms with E-state index in [-0.39, 0.29) is 135 Å². The van der Waals surface area contributed by atoms with E-state index in [4.69, 9.17) is 55.5 Å². The van der Waals surface area contributed by atoms with Crippen molar-refractivity contribution < 1.29 is 170 Å². The van der Waals surface area contributed by atoms with Gasteiger partial charge in [0.1, 0.15) is 23.8 Å². The van der Waals surface area contributed by atoms with Gasteiger partial charge >= 0.3 is 137 Å². The fraction of sp³-hybridized carbons (Fsp3) is 0.583. The summed E-state index contributed by atoms with van der Waals surface area (Å²) in [6.07, 6.45) is -3.04. The first kappa shape index (κ1) is 44.8. The number of nitrogens with two attached hydrogens (primary N) is 1. The summed E-state index contributed by atoms with van der Waals surface area (Å²) in [6, 6.07) is 0. The number of ether oxygens (including phenoxy) is 1. The van der Waals surface area contributed by atoms with E-state index in [0.717, 1.165) is 0 Å². The number of aromatic nitrogens is 4. The average molecular weight is 706 g/mol. The number of aliphatic hydroxyl groups excluding tert-OH is 2. The number of thioether (sulfide) groups is 1. The van der Waals surface area contributed by atoms with E-state index in [9.17, 15) is 28.8 Å². The SMILES string of the molecule is [B]P(=O)(OCC1OC(n2cnc3c(N)nc(SC)nc32)[C@H](O)[C@@H]1O)OP(=O)(O)C(Cl)(Cl)P(=O)(O)O.[Na+].[Na+].[Na+].[Na+]. The van der Waals surface area contributed by atoms with E-state index < -0.39 is 57.6 Å². The molecule has 27 heteroatoms. The predicted molar refractivity (Wildman–Crippen MR) is 124 cm³/mol. The molecule has 0 aromatic carbocycles. The Labute approximate surface area is 325 Å². The quantitative estimate of drug-likeness (QED) is 0.0466. The molecule has 0 amide bonds. The van der Waals surface area contributed by atoms with Crippen LogP contribution in [-0.2, 0) is 27.3 Å². The number of anilines is 1. The van der Waals surface area contributed by atoms with Gasteiger partial charge in [0, 0.05) is 0 Å². The molecule has 39 heavy (non-hydrogen) atoms. The van der Waals surface area contributed by atoms with E-state index in [2.05, 4.69) is 19.3 Å². The molecule has 0 aliphatic carbocycles. The fourth-order valence-electron chi connectivity index (χ4n) is 2.86. The van der Waals surface area contributed by atoms with Crippen molar-refractivity contribution in [2.75, 3.05) is 18.6 Å². The van der Waals surface area contributed by atoms with Crippen LogP contribution in [0.2, 0.25) is 0 Å². The van der Waals surface area contributed by atoms with Crippen LogP contribution in [0.3, 0.4) is 0 Å². The molecule has 2 aromatic rings. The van der Waals surface area contributed by atoms with Gasteiger partial charge in [-0.3, -0.25) is 18.3 Å². The number of alkyl halides is 2. The molecule has 2 aromatic heterocycles. The van der Waals surface area contributed by atoms with Gasteiger partial charge in [-0.1, -0.05) is 35.0 Å². The van der Waals surface area contributed by atoms with Crippen molar-refractivity contribution >= 4 is 82.2 Å². The molecule has 1 aliphatic rings. The van der Waals surface area contributed by atoms with Gasteiger partial charge in [-0.2, -0.15) is 0 Å². The van der Waals surface area contributed by atoms with Gasteiger partial charge in [0.05, 0.1) is 12.9 Å². The van der Waals surface area contributed by atoms with Crippen molar-refractivity contribution in [1.29, 1.82) is 0 Å². The van der Waals surface area contributed by atoms with E-state index >= 15 is 0 Å². The number of aliphatic hydroxyl groups is 2. The third-order valence-electron chi connectivity index (χ3n) is 4.56. The second-order valence-electron chi connectivity index (χ2n) is 6.96. The molecule has 1 aliphatic heterocycles. The first-order valence-corrected chi connectivity index (χ1v) is 15.8. The smallest absolute Gasteiger partial charge is 0.387 e. The Hall–Kier alpha value is 3.71. The van der Waals surface area contributed by atoms with Crippen LogP contribution < -0.4 is 124 Å². The van der Waals surface area contributed by atoms with Crippen LogP contribution in [0.4, 0.5) is 5.82 Å². The molecule has 6 atom stereocenters. The number of halogens is 2. The monoisotopic (exact) mass is 705 g/mol. The Morgan fingerprint density at radius 3 is 2.23 bits per heavy atom. The van der Waals surface area contributed by atoms with E-state index in [1.807, 2.05) is 0 Å². The third kappa shape index (κ3) is 10.1. The molecule has 4 unspecified atom stereocenters. The minimum absolute atomic E-state index is 0. The van der Waals surface area contributed by atoms with Gasteiger partial charge in [-0.25, -0.2) is 19.3 Å². The van der Waals surface area contributed by atoms with Crippen molar-refractivity contribution in [3.63, 3.8) is 0 Å². The van der Waals surface area contributed by atoms with Crippen LogP contribution in [-0.4, -0.2) is 87.0 Å². The van der Waals surface area contributed by atoms with Crippen LogP contribution in [0.15, 0.2) is 11.5 Å². The van der Waals surface area contributed by atoms with Gasteiger partial charge in [0.2, 0.25) is 7.57 Å². The normalized spacial score (nSPS) is 24.3. The van der Waals surface area contributed by atoms with E-state index in [1.54, 1.807) is 6.26 Å². The number of fused-ring (bicyclic) bond motifs is 1. The molecule has 3 rings (SSSR count). The minimum atomic E-state index is -5.76. The maximum absolute atomic E-state index is 12.3. The molecule has 3 heterocycles. The fourth-order valence-corrected chi connectivity index (χ4v) is 7.60. The van der Waals surface area contributed by atoms with Crippen molar-refractivity contribution in [2.45, 2.75) is 33.5 Å². The van der Waals surface area contributed by atoms with Crippen LogP contribution in [0.25, 0.3) is 11.2 Å². The summed E-state index contributed by atoms with van der Waals surface area (Å²) >= 11 is 11.7. The molecule has 16 nitrogen and oxygen atoms in total. The summed E-state index contributed by atoms with van der Waals surface area (Å²) in [5, 5.41) is 21.1. The van der Waals surface area contributed by atoms with Gasteiger partial charge in [-0.15, -0.1) is 0 Å². The van der Waals surface area contributed by atoms with E-state index in [1.165, 1.54) is 22.7 Å². The first-order chi connectivity index (χ1) is 15.9. The van der Waals surface area contributed by atoms with Crippen molar-refractivity contribution in [3.05, 3.63) is 6.33 Å². The molecular weight excluding hydrogens is 689 g/mol. The van der Waals surface area contributed by atoms with Crippen LogP contribution >= 0.6 is 57.6 Å². The Morgan fingerprint density at radius 2 is 1.72 bits per heavy atom. The van der Waals surface area contributed by atoms with Crippen LogP contribution in [0.1, 0.15) is 6.23 Å². The summed E-state index contributed by atoms with van der Waals surface area (Å²) in [7, 11) is -11.3. The summed E-state index contributed by atoms with van der Waals surface area (Å²) in [5.74, 6) is 0.0608. The Kier molecular flexibility index (Phi) is 19.6. The maximum Gasteiger partial charge on any atom is 1.00 e. The average Bonchev–Trinajstić information content (AvgIpc) is 3.26. The third-order valence-corrected chi connectivity index (χ3v) is 12.9. The molecule has 1 saturated heterocycles. The molecule has 0 spiro atoms. The largest absolute Gasteiger partial charge is 1.00 e. The minimum Gasteiger partial charge on any atom is -0.387 e. The predicted octanol–water partition coefficient (Wildman–Crippen LogP) is -11.5. The summed E-state index contributed by atoms with van der Waals surface area (Å²) < 4.78 is 47.7. The van der Waals surface area contributed by atoms with Crippen molar-refractivity contribution in [3.8, 4) is 0 Å². The molecule has 1 fully saturated rings. The zero-order chi connectivity index (χ0) is 26.6. The maximum atomic E-state index is 12.3. The molecule has 7 N–H and O–H groups in total. The zero-order valence-electron chi connectivity index (χ0n) is 21.2. The number of nitrogens with zero attached hydrogens (tertiary/aromatic N) is 4. The summed E-state index contributed by atoms with van der Waals surface area (Å²) in [6.45, 7) is -0.879. The second kappa shape index (κ2) is 17.0. The Bertz CT molecular complexity index is 1280. The van der Waals surface area contributed by atoms with Gasteiger partial charge < -0.3 is 39.9 Å². The zero-order valence-corrected chi connectivity index (χ0v) is 34.2. The molecule has 194 valence electrons. The first-order valence-electron chi connectivity index (χ1n) is 8.98. The van der Waals surface area contributed by atoms with E-state index in [0.29, 0.717) is 5.16 Å². The summed E-state index contributed by atoms with van der Waals surface area (Å²) in [4.78, 5) is 40.2. The van der Waals surface area contributed by atoms with Gasteiger partial charge in [0.15, 0.2) is 22.8 Å². The number of hydrogen-bond donors (Lipinski definition) is 6. The van der Waals surface area contributed by atoms with Gasteiger partial charge in [-0.05, 0) is 6.26 Å². The molecule has 0 bridgehead atoms. The standard InChI is InChI=1S/C12H17BCl2N5O11P3S.4Na/c1-35-11-18-8(16)5-9(19-11)20(3-17-5)10-7(22)6(21)4(30-10)2-29-34(13,28)31-33(26,27)12(14,15)32(23,24)25;;;;/h3-4,6-7,10,21-22H,2H2,1H3,(H,26,27)(H2,16,18,19)(H2,23,24,25);;;;/q;4*+1/t4?,6-,7-,10?,34?;;;;/m1..../s1. The number of imidazole rings is 1. The summed E-state index contributed by atoms with van der Waals surface area (Å²) in [5.41, 5.74) is 6.22. The number of hydrogen-bond acceptors (Lipinski definition) is 13. The second-order valence-corrected chi connectivity index (χ2v) is 15.9. The topological polar surface area (TPSA) is 250 Å². The van der Waals surface area contributed by atoms with Crippen molar-refractivity contribution in [2.24, 2.45) is 0 Å². The number of rotatable bonds is 9. The molecule has 0 saturated carbocycles. The Balaban J connectivity index is 0. The van der Waals surface area contributed by atoms with Crippen LogP contribution in [0, 0.1) is 0 Å². The molecule has 2 radical (unpaired) electrons. The van der Waals surface area contributed by atoms with Gasteiger partial charge in [0.25, 0.3) is 7.47 Å². The molecular formula is C12H17BCl2N5Na4O11P3S+4. The Morgan fingerprint density at radius 1 is 1.15 bits per heavy atom. The number of nitrogen functional groups attached to an aromatic ring is 1. The van der Waals surface area contributed by atoms with Crippen LogP contribution in [0.5, 0.6) is 0 Å². The van der Waals surface area contributed by atoms with Crippen molar-refractivity contribution in [1.82, 2.24) is 19.5 Å².